The van der Waals surface area contributed by atoms with Crippen LogP contribution in [0.2, 0.25) is 0 Å². The second-order valence-electron chi connectivity index (χ2n) is 4.32. The first-order valence-corrected chi connectivity index (χ1v) is 6.60. The minimum atomic E-state index is -1.01. The lowest BCUT2D eigenvalue weighted by Crippen LogP contribution is -2.23. The molecular formula is C15H25FN2O5. The molecule has 0 aliphatic carbocycles. The third-order valence-corrected chi connectivity index (χ3v) is 2.13. The number of halogens is 1. The molecule has 7 nitrogen and oxygen atoms in total. The van der Waals surface area contributed by atoms with Crippen molar-refractivity contribution in [2.45, 2.75) is 33.1 Å². The number of methoxy groups -OCH3 is 2. The summed E-state index contributed by atoms with van der Waals surface area (Å²) in [6, 6.07) is 3.46. The fraction of sp³-hybridized carbons (Fsp3) is 0.733. The highest BCUT2D eigenvalue weighted by atomic mass is 19.1. The number of carbonyl (C=O) groups excluding carboxylic acids is 2. The molecule has 0 aromatic rings. The van der Waals surface area contributed by atoms with Crippen LogP contribution in [-0.2, 0) is 23.8 Å². The van der Waals surface area contributed by atoms with Crippen LogP contribution >= 0.6 is 0 Å². The quantitative estimate of drug-likeness (QED) is 0.712. The van der Waals surface area contributed by atoms with Gasteiger partial charge in [-0.1, -0.05) is 0 Å². The van der Waals surface area contributed by atoms with Gasteiger partial charge in [-0.3, -0.25) is 14.0 Å². The van der Waals surface area contributed by atoms with Crippen LogP contribution in [0.5, 0.6) is 0 Å². The van der Waals surface area contributed by atoms with E-state index in [1.54, 1.807) is 6.07 Å². The van der Waals surface area contributed by atoms with E-state index in [-0.39, 0.29) is 13.0 Å². The van der Waals surface area contributed by atoms with Crippen LogP contribution < -0.4 is 0 Å². The van der Waals surface area contributed by atoms with Gasteiger partial charge in [-0.25, -0.2) is 0 Å². The second kappa shape index (κ2) is 17.9. The molecule has 0 radical (unpaired) electrons. The summed E-state index contributed by atoms with van der Waals surface area (Å²) >= 11 is 0. The lowest BCUT2D eigenvalue weighted by molar-refractivity contribution is -0.147. The van der Waals surface area contributed by atoms with E-state index in [4.69, 9.17) is 16.6 Å². The summed E-state index contributed by atoms with van der Waals surface area (Å²) in [6.07, 6.45) is 1.85. The smallest absolute Gasteiger partial charge is 0.325 e. The van der Waals surface area contributed by atoms with E-state index in [0.29, 0.717) is 7.18 Å². The Morgan fingerprint density at radius 3 is 1.96 bits per heavy atom. The van der Waals surface area contributed by atoms with Crippen molar-refractivity contribution >= 4 is 11.9 Å². The number of rotatable bonds is 2. The lowest BCUT2D eigenvalue weighted by atomic mass is 9.97. The molecule has 0 aromatic carbocycles. The van der Waals surface area contributed by atoms with Crippen molar-refractivity contribution in [1.29, 1.82) is 10.5 Å². The SMILES string of the molecule is CF.COC(=O)C(C)(C)C#N.COC(=O)CC#N.[2H]C1CCCO1. The number of hydrogen-bond donors (Lipinski definition) is 0. The van der Waals surface area contributed by atoms with E-state index < -0.39 is 17.4 Å². The molecule has 1 rings (SSSR count). The van der Waals surface area contributed by atoms with E-state index in [1.807, 2.05) is 6.07 Å². The molecular weight excluding hydrogens is 307 g/mol. The van der Waals surface area contributed by atoms with E-state index in [2.05, 4.69) is 9.47 Å². The molecule has 1 heterocycles. The van der Waals surface area contributed by atoms with E-state index >= 15 is 0 Å². The maximum Gasteiger partial charge on any atom is 0.325 e. The summed E-state index contributed by atoms with van der Waals surface area (Å²) in [5.74, 6) is -0.979. The first-order chi connectivity index (χ1) is 11.2. The fourth-order valence-corrected chi connectivity index (χ4v) is 0.854. The zero-order valence-corrected chi connectivity index (χ0v) is 14.2. The predicted octanol–water partition coefficient (Wildman–Crippen LogP) is 2.16. The van der Waals surface area contributed by atoms with Crippen molar-refractivity contribution < 1.29 is 29.6 Å². The molecule has 0 bridgehead atoms. The average molecular weight is 333 g/mol. The summed E-state index contributed by atoms with van der Waals surface area (Å²) in [5, 5.41) is 16.2. The summed E-state index contributed by atoms with van der Waals surface area (Å²) in [4.78, 5) is 20.6. The van der Waals surface area contributed by atoms with Gasteiger partial charge in [0.05, 0.1) is 34.9 Å². The van der Waals surface area contributed by atoms with Gasteiger partial charge in [0.2, 0.25) is 0 Å². The largest absolute Gasteiger partial charge is 0.468 e. The minimum Gasteiger partial charge on any atom is -0.468 e. The first kappa shape index (κ1) is 23.1. The monoisotopic (exact) mass is 333 g/mol. The Morgan fingerprint density at radius 1 is 1.26 bits per heavy atom. The summed E-state index contributed by atoms with van der Waals surface area (Å²) in [5.41, 5.74) is -1.01. The molecule has 0 spiro atoms. The van der Waals surface area contributed by atoms with Crippen LogP contribution in [0.1, 0.15) is 34.5 Å². The van der Waals surface area contributed by atoms with Crippen molar-refractivity contribution in [3.8, 4) is 12.1 Å². The zero-order valence-electron chi connectivity index (χ0n) is 15.2. The van der Waals surface area contributed by atoms with E-state index in [0.717, 1.165) is 19.4 Å². The fourth-order valence-electron chi connectivity index (χ4n) is 0.854. The summed E-state index contributed by atoms with van der Waals surface area (Å²) in [6.45, 7) is 3.62. The van der Waals surface area contributed by atoms with Gasteiger partial charge in [0, 0.05) is 13.2 Å². The maximum atomic E-state index is 10.6. The number of esters is 2. The molecule has 132 valence electrons. The predicted molar refractivity (Wildman–Crippen MR) is 80.7 cm³/mol. The van der Waals surface area contributed by atoms with Gasteiger partial charge in [-0.2, -0.15) is 10.5 Å². The van der Waals surface area contributed by atoms with Gasteiger partial charge >= 0.3 is 11.9 Å². The molecule has 23 heavy (non-hydrogen) atoms. The molecule has 1 fully saturated rings. The van der Waals surface area contributed by atoms with E-state index in [1.165, 1.54) is 28.1 Å². The Balaban J connectivity index is -0.000000266. The molecule has 1 aliphatic heterocycles. The van der Waals surface area contributed by atoms with Gasteiger partial charge in [-0.05, 0) is 26.7 Å². The summed E-state index contributed by atoms with van der Waals surface area (Å²) < 4.78 is 29.7. The Kier molecular flexibility index (Phi) is 17.9. The number of carbonyl (C=O) groups is 2. The van der Waals surface area contributed by atoms with Crippen LogP contribution in [0.25, 0.3) is 0 Å². The molecule has 1 unspecified atom stereocenters. The normalized spacial score (nSPS) is 15.3. The third-order valence-electron chi connectivity index (χ3n) is 2.13. The van der Waals surface area contributed by atoms with Gasteiger partial charge < -0.3 is 14.2 Å². The molecule has 0 aromatic heterocycles. The number of ether oxygens (including phenoxy) is 3. The Morgan fingerprint density at radius 2 is 1.83 bits per heavy atom. The van der Waals surface area contributed by atoms with Gasteiger partial charge in [-0.15, -0.1) is 0 Å². The van der Waals surface area contributed by atoms with Gasteiger partial charge in [0.25, 0.3) is 0 Å². The van der Waals surface area contributed by atoms with Crippen molar-refractivity contribution in [3.63, 3.8) is 0 Å². The number of nitrogens with zero attached hydrogens (tertiary/aromatic N) is 2. The summed E-state index contributed by atoms with van der Waals surface area (Å²) in [7, 11) is 3.01. The van der Waals surface area contributed by atoms with Crippen LogP contribution in [0, 0.1) is 28.1 Å². The van der Waals surface area contributed by atoms with Crippen LogP contribution in [-0.4, -0.2) is 46.5 Å². The van der Waals surface area contributed by atoms with Crippen LogP contribution in [0.4, 0.5) is 4.39 Å². The molecule has 0 N–H and O–H groups in total. The molecule has 8 heteroatoms. The number of alkyl halides is 1. The van der Waals surface area contributed by atoms with Gasteiger partial charge in [0.15, 0.2) is 0 Å². The zero-order chi connectivity index (χ0) is 19.6. The topological polar surface area (TPSA) is 109 Å². The van der Waals surface area contributed by atoms with Crippen molar-refractivity contribution in [2.24, 2.45) is 5.41 Å². The van der Waals surface area contributed by atoms with Crippen molar-refractivity contribution in [1.82, 2.24) is 0 Å². The molecule has 1 saturated heterocycles. The lowest BCUT2D eigenvalue weighted by Gasteiger charge is -2.09. The Hall–Kier alpha value is -2.19. The van der Waals surface area contributed by atoms with Crippen LogP contribution in [0.3, 0.4) is 0 Å². The van der Waals surface area contributed by atoms with Crippen LogP contribution in [0.15, 0.2) is 0 Å². The minimum absolute atomic E-state index is 0.156. The highest BCUT2D eigenvalue weighted by Gasteiger charge is 2.27. The standard InChI is InChI=1S/C6H9NO2.C4H5NO2.C4H8O.CH3F/c1-6(2,4-7)5(8)9-3;1-7-4(6)2-3-5;1-2-4-5-3-1;1-2/h1-3H3;2H2,1H3;1-4H2;1H3/i;;3D;. The molecule has 0 amide bonds. The van der Waals surface area contributed by atoms with E-state index in [9.17, 15) is 14.0 Å². The van der Waals surface area contributed by atoms with Gasteiger partial charge in [0.1, 0.15) is 11.8 Å². The first-order valence-electron chi connectivity index (χ1n) is 7.18. The molecule has 1 aliphatic rings. The molecule has 0 saturated carbocycles. The number of hydrogen-bond acceptors (Lipinski definition) is 7. The van der Waals surface area contributed by atoms with Crippen molar-refractivity contribution in [3.05, 3.63) is 0 Å². The number of nitriles is 2. The highest BCUT2D eigenvalue weighted by molar-refractivity contribution is 5.78. The Labute approximate surface area is 138 Å². The third kappa shape index (κ3) is 17.8. The second-order valence-corrected chi connectivity index (χ2v) is 4.32. The van der Waals surface area contributed by atoms with Crippen molar-refractivity contribution in [2.75, 3.05) is 34.6 Å². The highest BCUT2D eigenvalue weighted by Crippen LogP contribution is 2.13. The maximum absolute atomic E-state index is 10.6. The molecule has 1 atom stereocenters. The average Bonchev–Trinajstić information content (AvgIpc) is 3.08. The Bertz CT molecular complexity index is 427.